The topological polar surface area (TPSA) is 39.7 Å². The summed E-state index contributed by atoms with van der Waals surface area (Å²) >= 11 is 0. The maximum atomic E-state index is 5.92. The van der Waals surface area contributed by atoms with Crippen molar-refractivity contribution in [1.29, 1.82) is 0 Å². The van der Waals surface area contributed by atoms with Crippen molar-refractivity contribution in [2.24, 2.45) is 5.41 Å². The van der Waals surface area contributed by atoms with E-state index < -0.39 is 0 Å². The third kappa shape index (κ3) is 4.03. The van der Waals surface area contributed by atoms with Crippen LogP contribution in [0.5, 0.6) is 17.2 Å². The van der Waals surface area contributed by atoms with Crippen molar-refractivity contribution in [2.75, 3.05) is 27.9 Å². The fourth-order valence-corrected chi connectivity index (χ4v) is 1.89. The normalized spacial score (nSPS) is 12.9. The molecule has 0 heterocycles. The molecule has 0 saturated heterocycles. The first-order chi connectivity index (χ1) is 8.93. The van der Waals surface area contributed by atoms with E-state index in [4.69, 9.17) is 14.2 Å². The Bertz CT molecular complexity index is 377. The fourth-order valence-electron chi connectivity index (χ4n) is 1.89. The van der Waals surface area contributed by atoms with Gasteiger partial charge in [0, 0.05) is 6.04 Å². The standard InChI is InChI=1S/C15H25NO3/c1-15(2,3)13(16-4)10-19-14-11(17-5)8-7-9-12(14)18-6/h7-9,13,16H,10H2,1-6H3. The Balaban J connectivity index is 2.87. The third-order valence-corrected chi connectivity index (χ3v) is 3.17. The molecule has 1 aromatic carbocycles. The van der Waals surface area contributed by atoms with Gasteiger partial charge in [0.1, 0.15) is 6.61 Å². The summed E-state index contributed by atoms with van der Waals surface area (Å²) in [6.45, 7) is 7.09. The number of likely N-dealkylation sites (N-methyl/N-ethyl adjacent to an activating group) is 1. The van der Waals surface area contributed by atoms with Crippen LogP contribution in [0.2, 0.25) is 0 Å². The second kappa shape index (κ2) is 6.66. The summed E-state index contributed by atoms with van der Waals surface area (Å²) in [4.78, 5) is 0. The number of ether oxygens (including phenoxy) is 3. The Kier molecular flexibility index (Phi) is 5.48. The molecule has 0 fully saturated rings. The van der Waals surface area contributed by atoms with E-state index in [0.717, 1.165) is 0 Å². The number of nitrogens with one attached hydrogen (secondary N) is 1. The van der Waals surface area contributed by atoms with Crippen molar-refractivity contribution in [3.8, 4) is 17.2 Å². The summed E-state index contributed by atoms with van der Waals surface area (Å²) in [6.07, 6.45) is 0. The number of benzene rings is 1. The van der Waals surface area contributed by atoms with Crippen molar-refractivity contribution < 1.29 is 14.2 Å². The molecule has 0 spiro atoms. The number of hydrogen-bond acceptors (Lipinski definition) is 4. The first-order valence-corrected chi connectivity index (χ1v) is 6.45. The van der Waals surface area contributed by atoms with E-state index in [1.807, 2.05) is 25.2 Å². The van der Waals surface area contributed by atoms with Crippen molar-refractivity contribution in [3.63, 3.8) is 0 Å². The minimum Gasteiger partial charge on any atom is -0.493 e. The molecule has 4 heteroatoms. The molecule has 19 heavy (non-hydrogen) atoms. The van der Waals surface area contributed by atoms with Crippen LogP contribution in [-0.4, -0.2) is 33.9 Å². The van der Waals surface area contributed by atoms with Crippen LogP contribution in [0.4, 0.5) is 0 Å². The molecule has 1 N–H and O–H groups in total. The molecule has 4 nitrogen and oxygen atoms in total. The van der Waals surface area contributed by atoms with Gasteiger partial charge < -0.3 is 19.5 Å². The third-order valence-electron chi connectivity index (χ3n) is 3.17. The molecule has 0 amide bonds. The van der Waals surface area contributed by atoms with Gasteiger partial charge in [0.15, 0.2) is 11.5 Å². The average Bonchev–Trinajstić information content (AvgIpc) is 2.37. The summed E-state index contributed by atoms with van der Waals surface area (Å²) in [6, 6.07) is 5.85. The van der Waals surface area contributed by atoms with Gasteiger partial charge in [0.25, 0.3) is 0 Å². The molecular formula is C15H25NO3. The minimum atomic E-state index is 0.115. The van der Waals surface area contributed by atoms with Gasteiger partial charge in [-0.05, 0) is 24.6 Å². The van der Waals surface area contributed by atoms with Crippen LogP contribution in [0.1, 0.15) is 20.8 Å². The monoisotopic (exact) mass is 267 g/mol. The Morgan fingerprint density at radius 3 is 2.00 bits per heavy atom. The molecular weight excluding hydrogens is 242 g/mol. The van der Waals surface area contributed by atoms with E-state index >= 15 is 0 Å². The maximum absolute atomic E-state index is 5.92. The van der Waals surface area contributed by atoms with Crippen molar-refractivity contribution in [1.82, 2.24) is 5.32 Å². The molecule has 0 saturated carbocycles. The van der Waals surface area contributed by atoms with E-state index in [-0.39, 0.29) is 11.5 Å². The quantitative estimate of drug-likeness (QED) is 0.860. The second-order valence-corrected chi connectivity index (χ2v) is 5.51. The number of para-hydroxylation sites is 1. The smallest absolute Gasteiger partial charge is 0.203 e. The summed E-state index contributed by atoms with van der Waals surface area (Å²) in [5.74, 6) is 2.02. The molecule has 0 aliphatic heterocycles. The lowest BCUT2D eigenvalue weighted by molar-refractivity contribution is 0.173. The Morgan fingerprint density at radius 2 is 1.63 bits per heavy atom. The van der Waals surface area contributed by atoms with Crippen LogP contribution >= 0.6 is 0 Å². The van der Waals surface area contributed by atoms with Gasteiger partial charge in [-0.3, -0.25) is 0 Å². The number of methoxy groups -OCH3 is 2. The molecule has 1 unspecified atom stereocenters. The van der Waals surface area contributed by atoms with Gasteiger partial charge in [0.05, 0.1) is 14.2 Å². The Hall–Kier alpha value is -1.42. The summed E-state index contributed by atoms with van der Waals surface area (Å²) < 4.78 is 16.5. The molecule has 0 radical (unpaired) electrons. The van der Waals surface area contributed by atoms with Crippen LogP contribution in [0.3, 0.4) is 0 Å². The van der Waals surface area contributed by atoms with E-state index in [9.17, 15) is 0 Å². The van der Waals surface area contributed by atoms with Gasteiger partial charge >= 0.3 is 0 Å². The molecule has 108 valence electrons. The number of rotatable bonds is 6. The zero-order chi connectivity index (χ0) is 14.5. The predicted molar refractivity (Wildman–Crippen MR) is 77.3 cm³/mol. The molecule has 0 aromatic heterocycles. The lowest BCUT2D eigenvalue weighted by atomic mass is 9.87. The first-order valence-electron chi connectivity index (χ1n) is 6.45. The fraction of sp³-hybridized carbons (Fsp3) is 0.600. The van der Waals surface area contributed by atoms with Crippen LogP contribution in [0, 0.1) is 5.41 Å². The van der Waals surface area contributed by atoms with Crippen molar-refractivity contribution in [2.45, 2.75) is 26.8 Å². The zero-order valence-corrected chi connectivity index (χ0v) is 12.7. The Morgan fingerprint density at radius 1 is 1.11 bits per heavy atom. The molecule has 1 atom stereocenters. The molecule has 0 bridgehead atoms. The SMILES string of the molecule is CNC(COc1c(OC)cccc1OC)C(C)(C)C. The van der Waals surface area contributed by atoms with Gasteiger partial charge in [-0.1, -0.05) is 26.8 Å². The van der Waals surface area contributed by atoms with Crippen LogP contribution in [-0.2, 0) is 0 Å². The lowest BCUT2D eigenvalue weighted by Gasteiger charge is -2.30. The van der Waals surface area contributed by atoms with Crippen LogP contribution in [0.25, 0.3) is 0 Å². The van der Waals surface area contributed by atoms with Gasteiger partial charge in [-0.15, -0.1) is 0 Å². The average molecular weight is 267 g/mol. The zero-order valence-electron chi connectivity index (χ0n) is 12.7. The predicted octanol–water partition coefficient (Wildman–Crippen LogP) is 2.72. The van der Waals surface area contributed by atoms with E-state index in [0.29, 0.717) is 23.9 Å². The van der Waals surface area contributed by atoms with Gasteiger partial charge in [-0.25, -0.2) is 0 Å². The molecule has 0 aliphatic carbocycles. The van der Waals surface area contributed by atoms with E-state index in [1.165, 1.54) is 0 Å². The highest BCUT2D eigenvalue weighted by atomic mass is 16.5. The summed E-state index contributed by atoms with van der Waals surface area (Å²) in [7, 11) is 5.20. The van der Waals surface area contributed by atoms with E-state index in [2.05, 4.69) is 26.1 Å². The second-order valence-electron chi connectivity index (χ2n) is 5.51. The number of hydrogen-bond donors (Lipinski definition) is 1. The highest BCUT2D eigenvalue weighted by molar-refractivity contribution is 5.51. The lowest BCUT2D eigenvalue weighted by Crippen LogP contribution is -2.42. The Labute approximate surface area is 116 Å². The highest BCUT2D eigenvalue weighted by Gasteiger charge is 2.24. The summed E-state index contributed by atoms with van der Waals surface area (Å²) in [5.41, 5.74) is 0.115. The van der Waals surface area contributed by atoms with Crippen LogP contribution in [0.15, 0.2) is 18.2 Å². The summed E-state index contributed by atoms with van der Waals surface area (Å²) in [5, 5.41) is 3.28. The molecule has 0 aliphatic rings. The van der Waals surface area contributed by atoms with Gasteiger partial charge in [-0.2, -0.15) is 0 Å². The van der Waals surface area contributed by atoms with Crippen LogP contribution < -0.4 is 19.5 Å². The van der Waals surface area contributed by atoms with Crippen molar-refractivity contribution in [3.05, 3.63) is 18.2 Å². The molecule has 1 rings (SSSR count). The van der Waals surface area contributed by atoms with Crippen molar-refractivity contribution >= 4 is 0 Å². The first kappa shape index (κ1) is 15.6. The largest absolute Gasteiger partial charge is 0.493 e. The van der Waals surface area contributed by atoms with E-state index in [1.54, 1.807) is 14.2 Å². The van der Waals surface area contributed by atoms with Gasteiger partial charge in [0.2, 0.25) is 5.75 Å². The minimum absolute atomic E-state index is 0.115. The molecule has 1 aromatic rings. The highest BCUT2D eigenvalue weighted by Crippen LogP contribution is 2.37. The maximum Gasteiger partial charge on any atom is 0.203 e.